The number of anilines is 1. The smallest absolute Gasteiger partial charge is 0.125 e. The van der Waals surface area contributed by atoms with Crippen LogP contribution >= 0.6 is 15.9 Å². The molecule has 0 radical (unpaired) electrons. The highest BCUT2D eigenvalue weighted by atomic mass is 79.9. The van der Waals surface area contributed by atoms with Crippen molar-refractivity contribution in [1.29, 1.82) is 0 Å². The van der Waals surface area contributed by atoms with Crippen molar-refractivity contribution in [3.63, 3.8) is 0 Å². The molecule has 2 aromatic rings. The Labute approximate surface area is 120 Å². The molecule has 2 rings (SSSR count). The van der Waals surface area contributed by atoms with Crippen LogP contribution in [0.15, 0.2) is 22.7 Å². The summed E-state index contributed by atoms with van der Waals surface area (Å²) in [6, 6.07) is 4.77. The summed E-state index contributed by atoms with van der Waals surface area (Å²) in [7, 11) is 1.80. The lowest BCUT2D eigenvalue weighted by Crippen LogP contribution is -2.02. The summed E-state index contributed by atoms with van der Waals surface area (Å²) >= 11 is 3.31. The molecule has 3 nitrogen and oxygen atoms in total. The van der Waals surface area contributed by atoms with Crippen LogP contribution in [0.2, 0.25) is 0 Å². The largest absolute Gasteiger partial charge is 0.384 e. The number of hydrogen-bond acceptors (Lipinski definition) is 2. The van der Waals surface area contributed by atoms with E-state index in [2.05, 4.69) is 34.9 Å². The molecule has 0 unspecified atom stereocenters. The molecule has 19 heavy (non-hydrogen) atoms. The van der Waals surface area contributed by atoms with Crippen LogP contribution in [0.25, 0.3) is 11.3 Å². The van der Waals surface area contributed by atoms with E-state index in [1.54, 1.807) is 11.7 Å². The van der Waals surface area contributed by atoms with E-state index in [1.165, 1.54) is 12.1 Å². The Balaban J connectivity index is 2.57. The lowest BCUT2D eigenvalue weighted by atomic mass is 9.99. The Bertz CT molecular complexity index is 585. The zero-order valence-electron chi connectivity index (χ0n) is 11.2. The second kappa shape index (κ2) is 5.33. The van der Waals surface area contributed by atoms with E-state index < -0.39 is 0 Å². The minimum atomic E-state index is -0.288. The molecule has 1 aromatic carbocycles. The second-order valence-electron chi connectivity index (χ2n) is 5.09. The first-order valence-electron chi connectivity index (χ1n) is 6.16. The van der Waals surface area contributed by atoms with E-state index in [4.69, 9.17) is 5.73 Å². The molecule has 0 aliphatic heterocycles. The molecule has 0 aliphatic rings. The number of nitrogens with zero attached hydrogens (tertiary/aromatic N) is 2. The SMILES string of the molecule is CC(C)Cc1c(-c2cc(F)cc(Br)c2)nn(C)c1N. The first-order chi connectivity index (χ1) is 8.88. The van der Waals surface area contributed by atoms with Crippen LogP contribution in [0.1, 0.15) is 19.4 Å². The summed E-state index contributed by atoms with van der Waals surface area (Å²) in [4.78, 5) is 0. The number of nitrogen functional groups attached to an aromatic ring is 1. The first kappa shape index (κ1) is 14.1. The predicted octanol–water partition coefficient (Wildman–Crippen LogP) is 3.77. The third-order valence-corrected chi connectivity index (χ3v) is 3.40. The first-order valence-corrected chi connectivity index (χ1v) is 6.95. The standard InChI is InChI=1S/C14H17BrFN3/c1-8(2)4-12-13(18-19(3)14(12)17)9-5-10(15)7-11(16)6-9/h5-8H,4,17H2,1-3H3. The Morgan fingerprint density at radius 3 is 2.63 bits per heavy atom. The van der Waals surface area contributed by atoms with Gasteiger partial charge in [-0.15, -0.1) is 0 Å². The lowest BCUT2D eigenvalue weighted by Gasteiger charge is -2.07. The number of halogens is 2. The normalized spacial score (nSPS) is 11.3. The summed E-state index contributed by atoms with van der Waals surface area (Å²) in [5.41, 5.74) is 8.55. The van der Waals surface area contributed by atoms with Gasteiger partial charge < -0.3 is 5.73 Å². The molecular weight excluding hydrogens is 309 g/mol. The minimum absolute atomic E-state index is 0.288. The van der Waals surface area contributed by atoms with E-state index in [0.29, 0.717) is 16.2 Å². The van der Waals surface area contributed by atoms with Gasteiger partial charge in [-0.25, -0.2) is 4.39 Å². The molecule has 0 bridgehead atoms. The van der Waals surface area contributed by atoms with Crippen molar-refractivity contribution in [2.75, 3.05) is 5.73 Å². The third kappa shape index (κ3) is 2.97. The molecule has 1 aromatic heterocycles. The molecular formula is C14H17BrFN3. The highest BCUT2D eigenvalue weighted by Gasteiger charge is 2.17. The van der Waals surface area contributed by atoms with E-state index in [9.17, 15) is 4.39 Å². The Hall–Kier alpha value is -1.36. The van der Waals surface area contributed by atoms with E-state index in [-0.39, 0.29) is 5.82 Å². The van der Waals surface area contributed by atoms with Crippen molar-refractivity contribution in [3.8, 4) is 11.3 Å². The number of rotatable bonds is 3. The number of hydrogen-bond donors (Lipinski definition) is 1. The van der Waals surface area contributed by atoms with Crippen LogP contribution in [0.5, 0.6) is 0 Å². The van der Waals surface area contributed by atoms with Crippen LogP contribution in [0.4, 0.5) is 10.2 Å². The number of benzene rings is 1. The molecule has 1 heterocycles. The molecule has 0 amide bonds. The Morgan fingerprint density at radius 1 is 1.37 bits per heavy atom. The molecule has 5 heteroatoms. The van der Waals surface area contributed by atoms with E-state index in [1.807, 2.05) is 6.07 Å². The monoisotopic (exact) mass is 325 g/mol. The van der Waals surface area contributed by atoms with Crippen LogP contribution in [-0.2, 0) is 13.5 Å². The molecule has 0 fully saturated rings. The maximum atomic E-state index is 13.5. The summed E-state index contributed by atoms with van der Waals surface area (Å²) in [5.74, 6) is 0.815. The molecule has 0 atom stereocenters. The van der Waals surface area contributed by atoms with Crippen molar-refractivity contribution < 1.29 is 4.39 Å². The van der Waals surface area contributed by atoms with Gasteiger partial charge in [0.05, 0.1) is 5.69 Å². The summed E-state index contributed by atoms with van der Waals surface area (Å²) < 4.78 is 15.9. The maximum Gasteiger partial charge on any atom is 0.125 e. The van der Waals surface area contributed by atoms with Crippen LogP contribution in [0.3, 0.4) is 0 Å². The highest BCUT2D eigenvalue weighted by Crippen LogP contribution is 2.31. The van der Waals surface area contributed by atoms with E-state index >= 15 is 0 Å². The predicted molar refractivity (Wildman–Crippen MR) is 79.3 cm³/mol. The van der Waals surface area contributed by atoms with Gasteiger partial charge >= 0.3 is 0 Å². The van der Waals surface area contributed by atoms with Gasteiger partial charge in [0.2, 0.25) is 0 Å². The lowest BCUT2D eigenvalue weighted by molar-refractivity contribution is 0.627. The van der Waals surface area contributed by atoms with Gasteiger partial charge in [0.25, 0.3) is 0 Å². The van der Waals surface area contributed by atoms with Gasteiger partial charge in [-0.1, -0.05) is 29.8 Å². The topological polar surface area (TPSA) is 43.8 Å². The van der Waals surface area contributed by atoms with E-state index in [0.717, 1.165) is 23.2 Å². The third-order valence-electron chi connectivity index (χ3n) is 2.94. The van der Waals surface area contributed by atoms with Crippen molar-refractivity contribution in [3.05, 3.63) is 34.1 Å². The van der Waals surface area contributed by atoms with Gasteiger partial charge in [-0.2, -0.15) is 5.10 Å². The quantitative estimate of drug-likeness (QED) is 0.933. The maximum absolute atomic E-state index is 13.5. The summed E-state index contributed by atoms with van der Waals surface area (Å²) in [5, 5.41) is 4.42. The van der Waals surface area contributed by atoms with Gasteiger partial charge in [0, 0.05) is 22.6 Å². The minimum Gasteiger partial charge on any atom is -0.384 e. The molecule has 0 saturated heterocycles. The van der Waals surface area contributed by atoms with Gasteiger partial charge in [0.1, 0.15) is 11.6 Å². The van der Waals surface area contributed by atoms with Crippen molar-refractivity contribution in [2.45, 2.75) is 20.3 Å². The zero-order valence-corrected chi connectivity index (χ0v) is 12.8. The zero-order chi connectivity index (χ0) is 14.2. The Morgan fingerprint density at radius 2 is 2.05 bits per heavy atom. The van der Waals surface area contributed by atoms with Gasteiger partial charge in [-0.05, 0) is 30.5 Å². The van der Waals surface area contributed by atoms with Gasteiger partial charge in [0.15, 0.2) is 0 Å². The van der Waals surface area contributed by atoms with Crippen LogP contribution < -0.4 is 5.73 Å². The molecule has 0 saturated carbocycles. The molecule has 102 valence electrons. The van der Waals surface area contributed by atoms with Crippen LogP contribution in [-0.4, -0.2) is 9.78 Å². The summed E-state index contributed by atoms with van der Waals surface area (Å²) in [6.45, 7) is 4.25. The number of aryl methyl sites for hydroxylation is 1. The number of aromatic nitrogens is 2. The average molecular weight is 326 g/mol. The van der Waals surface area contributed by atoms with Crippen molar-refractivity contribution in [1.82, 2.24) is 9.78 Å². The van der Waals surface area contributed by atoms with Crippen molar-refractivity contribution >= 4 is 21.7 Å². The van der Waals surface area contributed by atoms with Crippen molar-refractivity contribution in [2.24, 2.45) is 13.0 Å². The molecule has 0 spiro atoms. The Kier molecular flexibility index (Phi) is 3.94. The van der Waals surface area contributed by atoms with Crippen LogP contribution in [0, 0.1) is 11.7 Å². The highest BCUT2D eigenvalue weighted by molar-refractivity contribution is 9.10. The fraction of sp³-hybridized carbons (Fsp3) is 0.357. The fourth-order valence-electron chi connectivity index (χ4n) is 2.11. The average Bonchev–Trinajstić information content (AvgIpc) is 2.55. The number of nitrogens with two attached hydrogens (primary N) is 1. The molecule has 2 N–H and O–H groups in total. The molecule has 0 aliphatic carbocycles. The second-order valence-corrected chi connectivity index (χ2v) is 6.01. The van der Waals surface area contributed by atoms with Gasteiger partial charge in [-0.3, -0.25) is 4.68 Å². The summed E-state index contributed by atoms with van der Waals surface area (Å²) in [6.07, 6.45) is 0.823. The fourth-order valence-corrected chi connectivity index (χ4v) is 2.58.